The van der Waals surface area contributed by atoms with Crippen LogP contribution in [-0.2, 0) is 11.3 Å². The van der Waals surface area contributed by atoms with E-state index in [1.807, 2.05) is 26.0 Å². The molecule has 0 spiro atoms. The Kier molecular flexibility index (Phi) is 5.17. The van der Waals surface area contributed by atoms with Gasteiger partial charge < -0.3 is 15.8 Å². The molecule has 1 rings (SSSR count). The first-order valence-electron chi connectivity index (χ1n) is 5.79. The summed E-state index contributed by atoms with van der Waals surface area (Å²) in [6.07, 6.45) is -0.112. The van der Waals surface area contributed by atoms with Gasteiger partial charge >= 0.3 is 5.97 Å². The van der Waals surface area contributed by atoms with E-state index in [-0.39, 0.29) is 12.1 Å². The summed E-state index contributed by atoms with van der Waals surface area (Å²) < 4.78 is 5.10. The number of guanidine groups is 1. The topological polar surface area (TPSA) is 76.7 Å². The van der Waals surface area contributed by atoms with E-state index in [4.69, 9.17) is 10.5 Å². The van der Waals surface area contributed by atoms with Crippen LogP contribution in [-0.4, -0.2) is 25.1 Å². The van der Waals surface area contributed by atoms with Crippen molar-refractivity contribution < 1.29 is 9.53 Å². The summed E-state index contributed by atoms with van der Waals surface area (Å²) in [4.78, 5) is 15.4. The summed E-state index contributed by atoms with van der Waals surface area (Å²) >= 11 is 0. The van der Waals surface area contributed by atoms with Gasteiger partial charge in [-0.3, -0.25) is 4.99 Å². The van der Waals surface area contributed by atoms with Crippen molar-refractivity contribution in [1.29, 1.82) is 0 Å². The van der Waals surface area contributed by atoms with E-state index in [0.29, 0.717) is 18.1 Å². The average molecular weight is 249 g/mol. The predicted molar refractivity (Wildman–Crippen MR) is 71.4 cm³/mol. The van der Waals surface area contributed by atoms with E-state index in [2.05, 4.69) is 10.3 Å². The number of carbonyl (C=O) groups is 1. The average Bonchev–Trinajstić information content (AvgIpc) is 2.35. The maximum Gasteiger partial charge on any atom is 0.338 e. The molecule has 0 saturated heterocycles. The largest absolute Gasteiger partial charge is 0.459 e. The number of ether oxygens (including phenoxy) is 1. The van der Waals surface area contributed by atoms with Gasteiger partial charge in [0, 0.05) is 13.6 Å². The van der Waals surface area contributed by atoms with Gasteiger partial charge in [-0.25, -0.2) is 4.79 Å². The second kappa shape index (κ2) is 6.64. The summed E-state index contributed by atoms with van der Waals surface area (Å²) in [5, 5.41) is 2.94. The summed E-state index contributed by atoms with van der Waals surface area (Å²) in [6.45, 7) is 4.22. The summed E-state index contributed by atoms with van der Waals surface area (Å²) in [5.74, 6) is 0.0810. The molecule has 3 N–H and O–H groups in total. The molecule has 0 fully saturated rings. The first kappa shape index (κ1) is 14.0. The molecule has 0 aliphatic heterocycles. The molecule has 0 atom stereocenters. The van der Waals surface area contributed by atoms with Gasteiger partial charge in [-0.15, -0.1) is 0 Å². The van der Waals surface area contributed by atoms with Gasteiger partial charge in [0.2, 0.25) is 0 Å². The third kappa shape index (κ3) is 4.45. The van der Waals surface area contributed by atoms with E-state index < -0.39 is 0 Å². The first-order valence-corrected chi connectivity index (χ1v) is 5.79. The van der Waals surface area contributed by atoms with Crippen LogP contribution in [0, 0.1) is 0 Å². The molecule has 0 aliphatic carbocycles. The highest BCUT2D eigenvalue weighted by molar-refractivity contribution is 5.89. The second-order valence-electron chi connectivity index (χ2n) is 4.11. The Morgan fingerprint density at radius 2 is 2.00 bits per heavy atom. The highest BCUT2D eigenvalue weighted by Gasteiger charge is 2.08. The molecule has 0 aromatic heterocycles. The Hall–Kier alpha value is -2.04. The molecule has 0 heterocycles. The first-order chi connectivity index (χ1) is 8.52. The van der Waals surface area contributed by atoms with Gasteiger partial charge in [-0.05, 0) is 31.5 Å². The number of hydrogen-bond donors (Lipinski definition) is 2. The lowest BCUT2D eigenvalue weighted by Gasteiger charge is -2.09. The Bertz CT molecular complexity index is 424. The number of nitrogens with one attached hydrogen (secondary N) is 1. The van der Waals surface area contributed by atoms with Crippen molar-refractivity contribution in [1.82, 2.24) is 5.32 Å². The lowest BCUT2D eigenvalue weighted by Crippen LogP contribution is -2.30. The highest BCUT2D eigenvalue weighted by Crippen LogP contribution is 2.07. The van der Waals surface area contributed by atoms with Crippen LogP contribution < -0.4 is 11.1 Å². The standard InChI is InChI=1S/C13H19N3O2/c1-9(2)18-12(17)11-6-4-10(5-7-11)8-16-13(14)15-3/h4-7,9H,8H2,1-3H3,(H3,14,15,16). The smallest absolute Gasteiger partial charge is 0.338 e. The van der Waals surface area contributed by atoms with Crippen molar-refractivity contribution >= 4 is 11.9 Å². The Morgan fingerprint density at radius 1 is 1.39 bits per heavy atom. The van der Waals surface area contributed by atoms with E-state index in [0.717, 1.165) is 5.56 Å². The molecule has 5 nitrogen and oxygen atoms in total. The summed E-state index contributed by atoms with van der Waals surface area (Å²) in [7, 11) is 1.62. The third-order valence-corrected chi connectivity index (χ3v) is 2.25. The molecular weight excluding hydrogens is 230 g/mol. The minimum Gasteiger partial charge on any atom is -0.459 e. The summed E-state index contributed by atoms with van der Waals surface area (Å²) in [6, 6.07) is 7.18. The lowest BCUT2D eigenvalue weighted by molar-refractivity contribution is 0.0378. The van der Waals surface area contributed by atoms with E-state index in [1.165, 1.54) is 0 Å². The van der Waals surface area contributed by atoms with Crippen LogP contribution in [0.1, 0.15) is 29.8 Å². The number of rotatable bonds is 4. The van der Waals surface area contributed by atoms with Crippen molar-refractivity contribution in [2.75, 3.05) is 7.05 Å². The van der Waals surface area contributed by atoms with Gasteiger partial charge in [-0.2, -0.15) is 0 Å². The van der Waals surface area contributed by atoms with E-state index >= 15 is 0 Å². The zero-order chi connectivity index (χ0) is 13.5. The molecule has 1 aromatic rings. The van der Waals surface area contributed by atoms with Gasteiger partial charge in [-0.1, -0.05) is 12.1 Å². The SMILES string of the molecule is CN=C(N)NCc1ccc(C(=O)OC(C)C)cc1. The van der Waals surface area contributed by atoms with Gasteiger partial charge in [0.1, 0.15) is 0 Å². The number of benzene rings is 1. The number of esters is 1. The van der Waals surface area contributed by atoms with Gasteiger partial charge in [0.15, 0.2) is 5.96 Å². The summed E-state index contributed by atoms with van der Waals surface area (Å²) in [5.41, 5.74) is 7.08. The number of carbonyl (C=O) groups excluding carboxylic acids is 1. The molecule has 18 heavy (non-hydrogen) atoms. The van der Waals surface area contributed by atoms with Crippen LogP contribution in [0.5, 0.6) is 0 Å². The number of aliphatic imine (C=N–C) groups is 1. The number of hydrogen-bond acceptors (Lipinski definition) is 3. The van der Waals surface area contributed by atoms with Crippen LogP contribution in [0.2, 0.25) is 0 Å². The van der Waals surface area contributed by atoms with Crippen LogP contribution in [0.25, 0.3) is 0 Å². The fraction of sp³-hybridized carbons (Fsp3) is 0.385. The molecule has 0 aliphatic rings. The molecule has 5 heteroatoms. The van der Waals surface area contributed by atoms with Gasteiger partial charge in [0.05, 0.1) is 11.7 Å². The third-order valence-electron chi connectivity index (χ3n) is 2.25. The molecule has 0 amide bonds. The Morgan fingerprint density at radius 3 is 2.50 bits per heavy atom. The van der Waals surface area contributed by atoms with Crippen molar-refractivity contribution in [2.45, 2.75) is 26.5 Å². The lowest BCUT2D eigenvalue weighted by atomic mass is 10.1. The fourth-order valence-electron chi connectivity index (χ4n) is 1.31. The monoisotopic (exact) mass is 249 g/mol. The van der Waals surface area contributed by atoms with Crippen molar-refractivity contribution in [2.24, 2.45) is 10.7 Å². The van der Waals surface area contributed by atoms with Crippen molar-refractivity contribution in [3.8, 4) is 0 Å². The van der Waals surface area contributed by atoms with Gasteiger partial charge in [0.25, 0.3) is 0 Å². The van der Waals surface area contributed by atoms with E-state index in [9.17, 15) is 4.79 Å². The maximum absolute atomic E-state index is 11.6. The molecular formula is C13H19N3O2. The predicted octanol–water partition coefficient (Wildman–Crippen LogP) is 1.29. The van der Waals surface area contributed by atoms with E-state index in [1.54, 1.807) is 19.2 Å². The molecule has 0 saturated carbocycles. The fourth-order valence-corrected chi connectivity index (χ4v) is 1.31. The van der Waals surface area contributed by atoms with Crippen molar-refractivity contribution in [3.05, 3.63) is 35.4 Å². The van der Waals surface area contributed by atoms with Crippen LogP contribution in [0.15, 0.2) is 29.3 Å². The molecule has 0 radical (unpaired) electrons. The zero-order valence-electron chi connectivity index (χ0n) is 10.9. The number of nitrogens with zero attached hydrogens (tertiary/aromatic N) is 1. The molecule has 98 valence electrons. The minimum atomic E-state index is -0.306. The number of nitrogens with two attached hydrogens (primary N) is 1. The van der Waals surface area contributed by atoms with Crippen LogP contribution >= 0.6 is 0 Å². The molecule has 0 bridgehead atoms. The Balaban J connectivity index is 2.60. The van der Waals surface area contributed by atoms with Crippen LogP contribution in [0.3, 0.4) is 0 Å². The Labute approximate surface area is 107 Å². The minimum absolute atomic E-state index is 0.112. The highest BCUT2D eigenvalue weighted by atomic mass is 16.5. The molecule has 1 aromatic carbocycles. The maximum atomic E-state index is 11.6. The normalized spacial score (nSPS) is 11.4. The quantitative estimate of drug-likeness (QED) is 0.479. The van der Waals surface area contributed by atoms with Crippen molar-refractivity contribution in [3.63, 3.8) is 0 Å². The van der Waals surface area contributed by atoms with Crippen LogP contribution in [0.4, 0.5) is 0 Å². The second-order valence-corrected chi connectivity index (χ2v) is 4.11. The zero-order valence-corrected chi connectivity index (χ0v) is 10.9. The molecule has 0 unspecified atom stereocenters.